The number of carboxylic acids is 1. The van der Waals surface area contributed by atoms with Gasteiger partial charge in [-0.25, -0.2) is 4.98 Å². The zero-order chi connectivity index (χ0) is 25.8. The molecule has 2 aromatic rings. The third-order valence-corrected chi connectivity index (χ3v) is 7.79. The molecule has 3 heterocycles. The van der Waals surface area contributed by atoms with Gasteiger partial charge >= 0.3 is 5.97 Å². The molecular formula is C26H34Cl2N6O2. The van der Waals surface area contributed by atoms with Gasteiger partial charge in [0.2, 0.25) is 5.95 Å². The van der Waals surface area contributed by atoms with E-state index in [2.05, 4.69) is 20.1 Å². The third-order valence-electron chi connectivity index (χ3n) is 7.23. The highest BCUT2D eigenvalue weighted by molar-refractivity contribution is 6.35. The van der Waals surface area contributed by atoms with Crippen LogP contribution in [0.1, 0.15) is 56.7 Å². The summed E-state index contributed by atoms with van der Waals surface area (Å²) in [6, 6.07) is 5.31. The zero-order valence-electron chi connectivity index (χ0n) is 20.8. The van der Waals surface area contributed by atoms with Crippen LogP contribution < -0.4 is 10.2 Å². The Morgan fingerprint density at radius 3 is 2.75 bits per heavy atom. The van der Waals surface area contributed by atoms with E-state index in [4.69, 9.17) is 38.7 Å². The van der Waals surface area contributed by atoms with E-state index in [9.17, 15) is 4.79 Å². The first-order valence-electron chi connectivity index (χ1n) is 12.5. The highest BCUT2D eigenvalue weighted by atomic mass is 35.5. The number of hydrogen-bond acceptors (Lipinski definition) is 7. The van der Waals surface area contributed by atoms with Crippen molar-refractivity contribution in [3.05, 3.63) is 45.6 Å². The van der Waals surface area contributed by atoms with Crippen molar-refractivity contribution in [2.75, 3.05) is 42.9 Å². The molecule has 2 atom stereocenters. The number of carboxylic acid groups (broad SMARTS) is 1. The number of anilines is 2. The summed E-state index contributed by atoms with van der Waals surface area (Å²) in [6.07, 6.45) is 5.05. The first-order valence-corrected chi connectivity index (χ1v) is 13.3. The van der Waals surface area contributed by atoms with Crippen molar-refractivity contribution in [1.82, 2.24) is 14.9 Å². The van der Waals surface area contributed by atoms with Crippen molar-refractivity contribution in [3.8, 4) is 0 Å². The summed E-state index contributed by atoms with van der Waals surface area (Å²) in [5.74, 6) is 1.77. The van der Waals surface area contributed by atoms with Gasteiger partial charge in [-0.1, -0.05) is 29.3 Å². The van der Waals surface area contributed by atoms with Gasteiger partial charge < -0.3 is 25.6 Å². The quantitative estimate of drug-likeness (QED) is 0.353. The fourth-order valence-electron chi connectivity index (χ4n) is 5.15. The maximum atomic E-state index is 10.8. The summed E-state index contributed by atoms with van der Waals surface area (Å²) >= 11 is 12.5. The van der Waals surface area contributed by atoms with Gasteiger partial charge in [0, 0.05) is 48.0 Å². The predicted molar refractivity (Wildman–Crippen MR) is 145 cm³/mol. The average Bonchev–Trinajstić information content (AvgIpc) is 2.78. The molecule has 2 unspecified atom stereocenters. The van der Waals surface area contributed by atoms with E-state index in [0.717, 1.165) is 44.7 Å². The van der Waals surface area contributed by atoms with Gasteiger partial charge in [-0.3, -0.25) is 4.79 Å². The molecule has 4 rings (SSSR count). The Hall–Kier alpha value is -2.42. The first kappa shape index (κ1) is 26.6. The van der Waals surface area contributed by atoms with Gasteiger partial charge in [-0.2, -0.15) is 4.98 Å². The minimum atomic E-state index is -0.720. The summed E-state index contributed by atoms with van der Waals surface area (Å²) in [5, 5.41) is 21.7. The molecule has 0 amide bonds. The Morgan fingerprint density at radius 2 is 2.06 bits per heavy atom. The molecule has 2 fully saturated rings. The highest BCUT2D eigenvalue weighted by Gasteiger charge is 2.37. The second-order valence-corrected chi connectivity index (χ2v) is 10.8. The van der Waals surface area contributed by atoms with Crippen LogP contribution in [-0.2, 0) is 4.79 Å². The van der Waals surface area contributed by atoms with Gasteiger partial charge in [0.25, 0.3) is 0 Å². The predicted octanol–water partition coefficient (Wildman–Crippen LogP) is 5.36. The molecule has 2 saturated heterocycles. The topological polar surface area (TPSA) is 105 Å². The van der Waals surface area contributed by atoms with Crippen LogP contribution in [0.3, 0.4) is 0 Å². The largest absolute Gasteiger partial charge is 0.481 e. The van der Waals surface area contributed by atoms with Crippen molar-refractivity contribution in [1.29, 1.82) is 5.41 Å². The molecule has 2 aliphatic rings. The normalized spacial score (nSPS) is 19.6. The molecule has 3 N–H and O–H groups in total. The molecule has 0 bridgehead atoms. The molecule has 194 valence electrons. The lowest BCUT2D eigenvalue weighted by Crippen LogP contribution is -2.54. The molecule has 1 aromatic carbocycles. The second kappa shape index (κ2) is 11.8. The van der Waals surface area contributed by atoms with E-state index in [1.807, 2.05) is 19.1 Å². The Kier molecular flexibility index (Phi) is 8.70. The number of halogens is 2. The number of aromatic nitrogens is 2. The van der Waals surface area contributed by atoms with Gasteiger partial charge in [0.05, 0.1) is 11.6 Å². The van der Waals surface area contributed by atoms with Crippen molar-refractivity contribution in [2.45, 2.75) is 45.6 Å². The Bertz CT molecular complexity index is 1110. The fourth-order valence-corrected chi connectivity index (χ4v) is 5.72. The van der Waals surface area contributed by atoms with E-state index in [1.165, 1.54) is 6.42 Å². The number of rotatable bonds is 10. The number of hydrogen-bond donors (Lipinski definition) is 3. The first-order chi connectivity index (χ1) is 17.2. The summed E-state index contributed by atoms with van der Waals surface area (Å²) < 4.78 is 0. The number of likely N-dealkylation sites (tertiary alicyclic amines) is 1. The van der Waals surface area contributed by atoms with E-state index in [0.29, 0.717) is 51.3 Å². The molecular weight excluding hydrogens is 499 g/mol. The van der Waals surface area contributed by atoms with Crippen LogP contribution in [0.5, 0.6) is 0 Å². The average molecular weight is 534 g/mol. The minimum Gasteiger partial charge on any atom is -0.481 e. The molecule has 8 nitrogen and oxygen atoms in total. The van der Waals surface area contributed by atoms with E-state index in [1.54, 1.807) is 19.2 Å². The van der Waals surface area contributed by atoms with Crippen LogP contribution in [0.25, 0.3) is 0 Å². The van der Waals surface area contributed by atoms with Crippen LogP contribution in [0, 0.1) is 17.2 Å². The number of nitrogens with one attached hydrogen (secondary N) is 2. The molecule has 0 saturated carbocycles. The Morgan fingerprint density at radius 1 is 1.28 bits per heavy atom. The fraction of sp³-hybridized carbons (Fsp3) is 0.538. The standard InChI is InChI=1S/C26H34Cl2N6O2/c1-16(29)22-12-30-26(32-25(22)31-17(2)21-8-7-20(27)11-23(21)28)34-14-19(15-34)18-5-3-9-33(13-18)10-4-6-24(35)36/h7-8,11-12,17-19,29H,3-6,9-10,13-15H2,1-2H3,(H,35,36)(H,30,31,32). The van der Waals surface area contributed by atoms with E-state index in [-0.39, 0.29) is 12.5 Å². The van der Waals surface area contributed by atoms with Gasteiger partial charge in [0.1, 0.15) is 5.82 Å². The summed E-state index contributed by atoms with van der Waals surface area (Å²) in [7, 11) is 0. The Labute approximate surface area is 222 Å². The molecule has 36 heavy (non-hydrogen) atoms. The lowest BCUT2D eigenvalue weighted by atomic mass is 9.80. The summed E-state index contributed by atoms with van der Waals surface area (Å²) in [6.45, 7) is 8.52. The van der Waals surface area contributed by atoms with Gasteiger partial charge in [-0.05, 0) is 75.7 Å². The summed E-state index contributed by atoms with van der Waals surface area (Å²) in [5.41, 5.74) is 1.96. The van der Waals surface area contributed by atoms with Crippen molar-refractivity contribution in [2.24, 2.45) is 11.8 Å². The van der Waals surface area contributed by atoms with Gasteiger partial charge in [0.15, 0.2) is 0 Å². The maximum Gasteiger partial charge on any atom is 0.303 e. The maximum absolute atomic E-state index is 10.8. The molecule has 10 heteroatoms. The lowest BCUT2D eigenvalue weighted by molar-refractivity contribution is -0.137. The van der Waals surface area contributed by atoms with E-state index < -0.39 is 5.97 Å². The molecule has 2 aliphatic heterocycles. The summed E-state index contributed by atoms with van der Waals surface area (Å²) in [4.78, 5) is 24.8. The lowest BCUT2D eigenvalue weighted by Gasteiger charge is -2.46. The zero-order valence-corrected chi connectivity index (χ0v) is 22.3. The smallest absolute Gasteiger partial charge is 0.303 e. The third kappa shape index (κ3) is 6.47. The van der Waals surface area contributed by atoms with Crippen LogP contribution in [0.15, 0.2) is 24.4 Å². The second-order valence-electron chi connectivity index (χ2n) is 9.95. The Balaban J connectivity index is 1.39. The monoisotopic (exact) mass is 532 g/mol. The molecule has 0 spiro atoms. The van der Waals surface area contributed by atoms with E-state index >= 15 is 0 Å². The number of benzene rings is 1. The highest BCUT2D eigenvalue weighted by Crippen LogP contribution is 2.34. The van der Waals surface area contributed by atoms with Crippen molar-refractivity contribution < 1.29 is 9.90 Å². The minimum absolute atomic E-state index is 0.130. The number of nitrogens with zero attached hydrogens (tertiary/aromatic N) is 4. The van der Waals surface area contributed by atoms with Crippen LogP contribution in [0.4, 0.5) is 11.8 Å². The number of carbonyl (C=O) groups is 1. The number of aliphatic carboxylic acids is 1. The van der Waals surface area contributed by atoms with Crippen LogP contribution in [0.2, 0.25) is 10.0 Å². The SMILES string of the molecule is CC(=N)c1cnc(N2CC(C3CCCN(CCCC(=O)O)C3)C2)nc1NC(C)c1ccc(Cl)cc1Cl. The molecule has 0 radical (unpaired) electrons. The van der Waals surface area contributed by atoms with Crippen LogP contribution in [-0.4, -0.2) is 64.4 Å². The van der Waals surface area contributed by atoms with Crippen molar-refractivity contribution >= 4 is 46.6 Å². The van der Waals surface area contributed by atoms with Crippen LogP contribution >= 0.6 is 23.2 Å². The number of piperidine rings is 1. The molecule has 0 aliphatic carbocycles. The van der Waals surface area contributed by atoms with Crippen molar-refractivity contribution in [3.63, 3.8) is 0 Å². The molecule has 1 aromatic heterocycles. The van der Waals surface area contributed by atoms with Gasteiger partial charge in [-0.15, -0.1) is 0 Å².